The number of rotatable bonds is 5. The number of carbonyl (C=O) groups is 1. The van der Waals surface area contributed by atoms with Gasteiger partial charge in [0.05, 0.1) is 6.54 Å². The molecule has 0 saturated carbocycles. The number of aryl methyl sites for hydroxylation is 2. The second-order valence-electron chi connectivity index (χ2n) is 6.70. The van der Waals surface area contributed by atoms with Crippen LogP contribution in [-0.2, 0) is 37.1 Å². The van der Waals surface area contributed by atoms with Crippen molar-refractivity contribution < 1.29 is 9.21 Å². The van der Waals surface area contributed by atoms with E-state index in [0.717, 1.165) is 30.2 Å². The third-order valence-corrected chi connectivity index (χ3v) is 4.80. The number of oxazole rings is 1. The smallest absolute Gasteiger partial charge is 0.250 e. The molecule has 6 heteroatoms. The zero-order valence-electron chi connectivity index (χ0n) is 15.0. The first-order valence-corrected chi connectivity index (χ1v) is 9.13. The Balaban J connectivity index is 1.39. The van der Waals surface area contributed by atoms with Crippen LogP contribution in [0.15, 0.2) is 63.9 Å². The minimum atomic E-state index is -0.173. The molecular weight excluding hydrogens is 342 g/mol. The van der Waals surface area contributed by atoms with Gasteiger partial charge in [-0.05, 0) is 18.1 Å². The van der Waals surface area contributed by atoms with E-state index in [1.54, 1.807) is 23.2 Å². The molecule has 6 nitrogen and oxygen atoms in total. The average Bonchev–Trinajstić information content (AvgIpc) is 3.11. The van der Waals surface area contributed by atoms with Crippen molar-refractivity contribution >= 4 is 5.91 Å². The molecule has 0 radical (unpaired) electrons. The van der Waals surface area contributed by atoms with Crippen LogP contribution in [0.2, 0.25) is 0 Å². The summed E-state index contributed by atoms with van der Waals surface area (Å²) in [5.41, 5.74) is 1.91. The molecule has 1 aromatic carbocycles. The molecule has 0 atom stereocenters. The Hall–Kier alpha value is -3.15. The third kappa shape index (κ3) is 4.00. The van der Waals surface area contributed by atoms with Crippen LogP contribution >= 0.6 is 0 Å². The summed E-state index contributed by atoms with van der Waals surface area (Å²) in [5.74, 6) is 1.51. The summed E-state index contributed by atoms with van der Waals surface area (Å²) in [6.45, 7) is 1.07. The van der Waals surface area contributed by atoms with E-state index in [2.05, 4.69) is 17.1 Å². The van der Waals surface area contributed by atoms with E-state index >= 15 is 0 Å². The number of amides is 1. The molecule has 27 heavy (non-hydrogen) atoms. The van der Waals surface area contributed by atoms with Crippen molar-refractivity contribution in [2.24, 2.45) is 0 Å². The van der Waals surface area contributed by atoms with Gasteiger partial charge in [0.15, 0.2) is 5.89 Å². The molecule has 1 aliphatic rings. The number of nitrogens with zero attached hydrogens (tertiary/aromatic N) is 3. The van der Waals surface area contributed by atoms with Crippen molar-refractivity contribution in [1.82, 2.24) is 14.5 Å². The summed E-state index contributed by atoms with van der Waals surface area (Å²) in [5, 5.41) is 0. The van der Waals surface area contributed by atoms with E-state index in [1.165, 1.54) is 16.2 Å². The summed E-state index contributed by atoms with van der Waals surface area (Å²) in [4.78, 5) is 30.7. The third-order valence-electron chi connectivity index (χ3n) is 4.80. The van der Waals surface area contributed by atoms with Crippen LogP contribution in [-0.4, -0.2) is 26.9 Å². The number of hydrogen-bond donors (Lipinski definition) is 0. The monoisotopic (exact) mass is 363 g/mol. The van der Waals surface area contributed by atoms with E-state index in [9.17, 15) is 9.59 Å². The fraction of sp³-hybridized carbons (Fsp3) is 0.286. The highest BCUT2D eigenvalue weighted by atomic mass is 16.4. The predicted molar refractivity (Wildman–Crippen MR) is 100 cm³/mol. The number of hydrogen-bond acceptors (Lipinski definition) is 4. The summed E-state index contributed by atoms with van der Waals surface area (Å²) in [6.07, 6.45) is 3.90. The maximum atomic E-state index is 12.6. The number of pyridine rings is 1. The van der Waals surface area contributed by atoms with Gasteiger partial charge in [-0.15, -0.1) is 0 Å². The van der Waals surface area contributed by atoms with Crippen LogP contribution < -0.4 is 5.56 Å². The maximum Gasteiger partial charge on any atom is 0.250 e. The molecule has 1 amide bonds. The molecule has 0 bridgehead atoms. The average molecular weight is 363 g/mol. The standard InChI is InChI=1S/C21H21N3O3/c25-20-8-4-5-12-23(20)15-21(26)24-13-11-18-17(14-24)22-19(27-18)10-9-16-6-2-1-3-7-16/h1-8,12H,9-11,13-15H2. The maximum absolute atomic E-state index is 12.6. The van der Waals surface area contributed by atoms with Crippen molar-refractivity contribution in [2.45, 2.75) is 32.4 Å². The molecule has 0 spiro atoms. The van der Waals surface area contributed by atoms with Gasteiger partial charge in [-0.2, -0.15) is 0 Å². The van der Waals surface area contributed by atoms with Gasteiger partial charge in [0.1, 0.15) is 18.0 Å². The Labute approximate surface area is 157 Å². The molecule has 1 aliphatic heterocycles. The van der Waals surface area contributed by atoms with Gasteiger partial charge in [-0.25, -0.2) is 4.98 Å². The van der Waals surface area contributed by atoms with Gasteiger partial charge in [-0.3, -0.25) is 9.59 Å². The van der Waals surface area contributed by atoms with Crippen molar-refractivity contribution in [3.05, 3.63) is 88.0 Å². The first-order valence-electron chi connectivity index (χ1n) is 9.13. The minimum Gasteiger partial charge on any atom is -0.445 e. The molecule has 2 aromatic heterocycles. The van der Waals surface area contributed by atoms with Crippen LogP contribution in [0.25, 0.3) is 0 Å². The van der Waals surface area contributed by atoms with E-state index in [-0.39, 0.29) is 18.0 Å². The SMILES string of the molecule is O=C(Cn1ccccc1=O)N1CCc2oc(CCc3ccccc3)nc2C1. The second-order valence-corrected chi connectivity index (χ2v) is 6.70. The van der Waals surface area contributed by atoms with E-state index in [4.69, 9.17) is 4.42 Å². The van der Waals surface area contributed by atoms with Gasteiger partial charge < -0.3 is 13.9 Å². The van der Waals surface area contributed by atoms with E-state index < -0.39 is 0 Å². The van der Waals surface area contributed by atoms with Crippen LogP contribution in [0.1, 0.15) is 22.9 Å². The Bertz CT molecular complexity index is 991. The Morgan fingerprint density at radius 2 is 1.89 bits per heavy atom. The first-order chi connectivity index (χ1) is 13.2. The lowest BCUT2D eigenvalue weighted by molar-refractivity contribution is -0.132. The zero-order valence-corrected chi connectivity index (χ0v) is 15.0. The topological polar surface area (TPSA) is 68.3 Å². The summed E-state index contributed by atoms with van der Waals surface area (Å²) in [7, 11) is 0. The highest BCUT2D eigenvalue weighted by Crippen LogP contribution is 2.21. The van der Waals surface area contributed by atoms with E-state index in [0.29, 0.717) is 19.5 Å². The molecule has 0 saturated heterocycles. The Kier molecular flexibility index (Phi) is 4.87. The van der Waals surface area contributed by atoms with Gasteiger partial charge in [0.2, 0.25) is 5.91 Å². The zero-order chi connectivity index (χ0) is 18.6. The number of aromatic nitrogens is 2. The Morgan fingerprint density at radius 1 is 1.07 bits per heavy atom. The molecule has 0 fully saturated rings. The summed E-state index contributed by atoms with van der Waals surface area (Å²) < 4.78 is 7.31. The van der Waals surface area contributed by atoms with Gasteiger partial charge in [-0.1, -0.05) is 36.4 Å². The lowest BCUT2D eigenvalue weighted by Gasteiger charge is -2.25. The van der Waals surface area contributed by atoms with E-state index in [1.807, 2.05) is 18.2 Å². The normalized spacial score (nSPS) is 13.4. The second kappa shape index (κ2) is 7.61. The predicted octanol–water partition coefficient (Wildman–Crippen LogP) is 2.21. The quantitative estimate of drug-likeness (QED) is 0.697. The fourth-order valence-corrected chi connectivity index (χ4v) is 3.30. The van der Waals surface area contributed by atoms with Crippen molar-refractivity contribution in [2.75, 3.05) is 6.54 Å². The lowest BCUT2D eigenvalue weighted by atomic mass is 10.1. The number of benzene rings is 1. The van der Waals surface area contributed by atoms with Crippen molar-refractivity contribution in [3.8, 4) is 0 Å². The largest absolute Gasteiger partial charge is 0.445 e. The molecule has 3 heterocycles. The summed E-state index contributed by atoms with van der Waals surface area (Å²) >= 11 is 0. The molecule has 0 aliphatic carbocycles. The molecular formula is C21H21N3O3. The fourth-order valence-electron chi connectivity index (χ4n) is 3.30. The van der Waals surface area contributed by atoms with Gasteiger partial charge in [0, 0.05) is 31.6 Å². The van der Waals surface area contributed by atoms with Gasteiger partial charge >= 0.3 is 0 Å². The molecule has 0 N–H and O–H groups in total. The lowest BCUT2D eigenvalue weighted by Crippen LogP contribution is -2.39. The summed E-state index contributed by atoms with van der Waals surface area (Å²) in [6, 6.07) is 15.1. The van der Waals surface area contributed by atoms with Gasteiger partial charge in [0.25, 0.3) is 5.56 Å². The van der Waals surface area contributed by atoms with Crippen LogP contribution in [0.5, 0.6) is 0 Å². The molecule has 4 rings (SSSR count). The van der Waals surface area contributed by atoms with Crippen LogP contribution in [0, 0.1) is 0 Å². The number of carbonyl (C=O) groups excluding carboxylic acids is 1. The highest BCUT2D eigenvalue weighted by Gasteiger charge is 2.25. The number of fused-ring (bicyclic) bond motifs is 1. The Morgan fingerprint density at radius 3 is 2.70 bits per heavy atom. The minimum absolute atomic E-state index is 0.0493. The van der Waals surface area contributed by atoms with Crippen LogP contribution in [0.3, 0.4) is 0 Å². The van der Waals surface area contributed by atoms with Crippen molar-refractivity contribution in [1.29, 1.82) is 0 Å². The molecule has 0 unspecified atom stereocenters. The van der Waals surface area contributed by atoms with Crippen LogP contribution in [0.4, 0.5) is 0 Å². The molecule has 3 aromatic rings. The first kappa shape index (κ1) is 17.3. The molecule has 138 valence electrons. The van der Waals surface area contributed by atoms with Crippen molar-refractivity contribution in [3.63, 3.8) is 0 Å². The highest BCUT2D eigenvalue weighted by molar-refractivity contribution is 5.76.